The Labute approximate surface area is 227 Å². The van der Waals surface area contributed by atoms with Crippen molar-refractivity contribution in [1.82, 2.24) is 9.21 Å². The van der Waals surface area contributed by atoms with E-state index in [4.69, 9.17) is 4.74 Å². The molecular weight excluding hydrogens is 522 g/mol. The second-order valence-electron chi connectivity index (χ2n) is 9.22. The molecule has 2 aliphatic rings. The summed E-state index contributed by atoms with van der Waals surface area (Å²) in [4.78, 5) is 27.6. The molecule has 0 spiro atoms. The molecule has 0 aromatic heterocycles. The number of carbonyl (C=O) groups excluding carboxylic acids is 2. The summed E-state index contributed by atoms with van der Waals surface area (Å²) in [6.07, 6.45) is 1.68. The number of nitrogens with one attached hydrogen (secondary N) is 1. The van der Waals surface area contributed by atoms with Crippen LogP contribution >= 0.6 is 11.8 Å². The lowest BCUT2D eigenvalue weighted by molar-refractivity contribution is -0.128. The first-order valence-electron chi connectivity index (χ1n) is 12.4. The fourth-order valence-corrected chi connectivity index (χ4v) is 7.43. The van der Waals surface area contributed by atoms with Gasteiger partial charge in [-0.3, -0.25) is 9.59 Å². The Bertz CT molecular complexity index is 1420. The van der Waals surface area contributed by atoms with Gasteiger partial charge in [0.25, 0.3) is 5.91 Å². The van der Waals surface area contributed by atoms with Crippen molar-refractivity contribution < 1.29 is 22.7 Å². The number of hydrogen-bond acceptors (Lipinski definition) is 6. The minimum atomic E-state index is -3.64. The van der Waals surface area contributed by atoms with Crippen molar-refractivity contribution in [2.45, 2.75) is 29.7 Å². The number of benzene rings is 3. The number of sulfonamides is 1. The van der Waals surface area contributed by atoms with E-state index in [9.17, 15) is 18.0 Å². The minimum Gasteiger partial charge on any atom is -0.495 e. The zero-order valence-corrected chi connectivity index (χ0v) is 22.6. The SMILES string of the molecule is COc1ccc(S(=O)(=O)N2CCCC2)cc1NC(=O)c1ccc([C@H]2SCC(=O)N2Cc2ccccc2)cc1. The molecule has 0 saturated carbocycles. The van der Waals surface area contributed by atoms with Gasteiger partial charge in [-0.05, 0) is 54.3 Å². The van der Waals surface area contributed by atoms with E-state index in [1.54, 1.807) is 30.0 Å². The van der Waals surface area contributed by atoms with Crippen LogP contribution in [0.3, 0.4) is 0 Å². The molecule has 1 N–H and O–H groups in total. The number of anilines is 1. The first kappa shape index (κ1) is 26.3. The summed E-state index contributed by atoms with van der Waals surface area (Å²) in [6, 6.07) is 21.5. The molecule has 198 valence electrons. The highest BCUT2D eigenvalue weighted by atomic mass is 32.2. The third kappa shape index (κ3) is 5.43. The van der Waals surface area contributed by atoms with Gasteiger partial charge in [0.15, 0.2) is 0 Å². The molecule has 0 bridgehead atoms. The lowest BCUT2D eigenvalue weighted by Gasteiger charge is -2.24. The molecule has 8 nitrogen and oxygen atoms in total. The van der Waals surface area contributed by atoms with Crippen LogP contribution in [0.1, 0.15) is 39.7 Å². The van der Waals surface area contributed by atoms with Gasteiger partial charge in [-0.2, -0.15) is 4.31 Å². The number of thioether (sulfide) groups is 1. The molecule has 1 atom stereocenters. The van der Waals surface area contributed by atoms with Crippen LogP contribution < -0.4 is 10.1 Å². The smallest absolute Gasteiger partial charge is 0.255 e. The Morgan fingerprint density at radius 2 is 1.74 bits per heavy atom. The molecule has 2 saturated heterocycles. The first-order chi connectivity index (χ1) is 18.4. The lowest BCUT2D eigenvalue weighted by Crippen LogP contribution is -2.28. The van der Waals surface area contributed by atoms with Crippen molar-refractivity contribution in [3.63, 3.8) is 0 Å². The third-order valence-electron chi connectivity index (χ3n) is 6.74. The van der Waals surface area contributed by atoms with Gasteiger partial charge < -0.3 is 15.0 Å². The highest BCUT2D eigenvalue weighted by Crippen LogP contribution is 2.39. The fourth-order valence-electron chi connectivity index (χ4n) is 4.70. The van der Waals surface area contributed by atoms with Gasteiger partial charge in [0.2, 0.25) is 15.9 Å². The Balaban J connectivity index is 1.32. The van der Waals surface area contributed by atoms with Gasteiger partial charge in [-0.1, -0.05) is 42.5 Å². The van der Waals surface area contributed by atoms with Crippen molar-refractivity contribution in [1.29, 1.82) is 0 Å². The number of nitrogens with zero attached hydrogens (tertiary/aromatic N) is 2. The number of amides is 2. The number of rotatable bonds is 8. The van der Waals surface area contributed by atoms with E-state index in [0.717, 1.165) is 24.0 Å². The second-order valence-corrected chi connectivity index (χ2v) is 12.2. The quantitative estimate of drug-likeness (QED) is 0.443. The van der Waals surface area contributed by atoms with Crippen LogP contribution in [-0.2, 0) is 21.4 Å². The molecule has 2 fully saturated rings. The van der Waals surface area contributed by atoms with Gasteiger partial charge >= 0.3 is 0 Å². The topological polar surface area (TPSA) is 96.0 Å². The van der Waals surface area contributed by atoms with Gasteiger partial charge in [0, 0.05) is 25.2 Å². The van der Waals surface area contributed by atoms with E-state index in [-0.39, 0.29) is 27.8 Å². The van der Waals surface area contributed by atoms with E-state index in [2.05, 4.69) is 5.32 Å². The fraction of sp³-hybridized carbons (Fsp3) is 0.286. The highest BCUT2D eigenvalue weighted by Gasteiger charge is 2.33. The summed E-state index contributed by atoms with van der Waals surface area (Å²) < 4.78 is 32.9. The van der Waals surface area contributed by atoms with Crippen LogP contribution in [0.2, 0.25) is 0 Å². The largest absolute Gasteiger partial charge is 0.495 e. The number of ether oxygens (including phenoxy) is 1. The molecule has 10 heteroatoms. The van der Waals surface area contributed by atoms with Gasteiger partial charge in [0.1, 0.15) is 11.1 Å². The maximum Gasteiger partial charge on any atom is 0.255 e. The summed E-state index contributed by atoms with van der Waals surface area (Å²) in [5, 5.41) is 2.67. The van der Waals surface area contributed by atoms with Crippen LogP contribution in [0.15, 0.2) is 77.7 Å². The monoisotopic (exact) mass is 551 g/mol. The van der Waals surface area contributed by atoms with Crippen LogP contribution in [0.5, 0.6) is 5.75 Å². The average Bonchev–Trinajstić information content (AvgIpc) is 3.61. The molecule has 0 aliphatic carbocycles. The van der Waals surface area contributed by atoms with E-state index in [1.165, 1.54) is 23.5 Å². The van der Waals surface area contributed by atoms with Crippen LogP contribution in [0.4, 0.5) is 5.69 Å². The van der Waals surface area contributed by atoms with Gasteiger partial charge in [-0.15, -0.1) is 11.8 Å². The zero-order valence-electron chi connectivity index (χ0n) is 21.0. The summed E-state index contributed by atoms with van der Waals surface area (Å²) in [7, 11) is -2.17. The molecule has 5 rings (SSSR count). The standard InChI is InChI=1S/C28H29N3O5S2/c1-36-25-14-13-23(38(34,35)30-15-5-6-16-30)17-24(25)29-27(33)21-9-11-22(12-10-21)28-31(26(32)19-37-28)18-20-7-3-2-4-8-20/h2-4,7-14,17,28H,5-6,15-16,18-19H2,1H3,(H,29,33)/t28-/m1/s1. The molecule has 38 heavy (non-hydrogen) atoms. The summed E-state index contributed by atoms with van der Waals surface area (Å²) in [6.45, 7) is 1.52. The van der Waals surface area contributed by atoms with Crippen molar-refractivity contribution in [2.24, 2.45) is 0 Å². The molecule has 2 aliphatic heterocycles. The van der Waals surface area contributed by atoms with Crippen molar-refractivity contribution in [2.75, 3.05) is 31.3 Å². The van der Waals surface area contributed by atoms with E-state index in [0.29, 0.717) is 36.7 Å². The predicted molar refractivity (Wildman–Crippen MR) is 148 cm³/mol. The number of carbonyl (C=O) groups is 2. The highest BCUT2D eigenvalue weighted by molar-refractivity contribution is 8.00. The maximum atomic E-state index is 13.1. The maximum absolute atomic E-state index is 13.1. The van der Waals surface area contributed by atoms with Crippen molar-refractivity contribution in [3.05, 3.63) is 89.5 Å². The van der Waals surface area contributed by atoms with Crippen LogP contribution in [0, 0.1) is 0 Å². The molecule has 2 amide bonds. The summed E-state index contributed by atoms with van der Waals surface area (Å²) in [5.74, 6) is 0.479. The third-order valence-corrected chi connectivity index (χ3v) is 9.89. The van der Waals surface area contributed by atoms with Crippen molar-refractivity contribution >= 4 is 39.3 Å². The van der Waals surface area contributed by atoms with E-state index in [1.807, 2.05) is 47.4 Å². The predicted octanol–water partition coefficient (Wildman–Crippen LogP) is 4.51. The van der Waals surface area contributed by atoms with E-state index < -0.39 is 10.0 Å². The van der Waals surface area contributed by atoms with Crippen LogP contribution in [0.25, 0.3) is 0 Å². The average molecular weight is 552 g/mol. The molecule has 2 heterocycles. The molecular formula is C28H29N3O5S2. The molecule has 3 aromatic rings. The van der Waals surface area contributed by atoms with Gasteiger partial charge in [0.05, 0.1) is 23.4 Å². The number of methoxy groups -OCH3 is 1. The summed E-state index contributed by atoms with van der Waals surface area (Å²) >= 11 is 1.57. The molecule has 3 aromatic carbocycles. The Morgan fingerprint density at radius 1 is 1.03 bits per heavy atom. The molecule has 0 unspecified atom stereocenters. The Kier molecular flexibility index (Phi) is 7.73. The molecule has 0 radical (unpaired) electrons. The second kappa shape index (κ2) is 11.2. The zero-order chi connectivity index (χ0) is 26.7. The van der Waals surface area contributed by atoms with Crippen LogP contribution in [-0.4, -0.2) is 55.4 Å². The normalized spacial score (nSPS) is 18.1. The van der Waals surface area contributed by atoms with E-state index >= 15 is 0 Å². The minimum absolute atomic E-state index is 0.0848. The number of hydrogen-bond donors (Lipinski definition) is 1. The lowest BCUT2D eigenvalue weighted by atomic mass is 10.1. The summed E-state index contributed by atoms with van der Waals surface area (Å²) in [5.41, 5.74) is 2.69. The first-order valence-corrected chi connectivity index (χ1v) is 14.9. The Hall–Kier alpha value is -3.34. The van der Waals surface area contributed by atoms with Gasteiger partial charge in [-0.25, -0.2) is 8.42 Å². The Morgan fingerprint density at radius 3 is 2.42 bits per heavy atom. The van der Waals surface area contributed by atoms with Crippen molar-refractivity contribution in [3.8, 4) is 5.75 Å².